The molecule has 0 aliphatic heterocycles. The van der Waals surface area contributed by atoms with Crippen LogP contribution in [-0.4, -0.2) is 11.8 Å². The Balaban J connectivity index is 1.78. The largest absolute Gasteiger partial charge is 0.343 e. The quantitative estimate of drug-likeness (QED) is 0.898. The van der Waals surface area contributed by atoms with Crippen LogP contribution in [-0.2, 0) is 10.3 Å². The molecule has 1 aliphatic rings. The summed E-state index contributed by atoms with van der Waals surface area (Å²) in [6, 6.07) is 17.2. The number of hydrogen-bond acceptors (Lipinski definition) is 2. The first-order chi connectivity index (χ1) is 11.6. The molecular weight excluding hydrogens is 300 g/mol. The van der Waals surface area contributed by atoms with E-state index in [4.69, 9.17) is 0 Å². The monoisotopic (exact) mass is 322 g/mol. The molecule has 0 radical (unpaired) electrons. The van der Waals surface area contributed by atoms with Crippen molar-refractivity contribution in [2.45, 2.75) is 38.1 Å². The SMILES string of the molecule is CC(=O)Nc1ccc(C(=O)NC2(c3ccccc3)CCCC2)cc1. The zero-order valence-corrected chi connectivity index (χ0v) is 13.8. The van der Waals surface area contributed by atoms with E-state index in [2.05, 4.69) is 22.8 Å². The van der Waals surface area contributed by atoms with Gasteiger partial charge in [0.2, 0.25) is 5.91 Å². The first kappa shape index (κ1) is 16.2. The second-order valence-electron chi connectivity index (χ2n) is 6.37. The summed E-state index contributed by atoms with van der Waals surface area (Å²) in [7, 11) is 0. The Bertz CT molecular complexity index is 717. The minimum atomic E-state index is -0.269. The van der Waals surface area contributed by atoms with Crippen LogP contribution in [0.4, 0.5) is 5.69 Å². The molecule has 2 aromatic carbocycles. The van der Waals surface area contributed by atoms with Crippen molar-refractivity contribution in [3.05, 3.63) is 65.7 Å². The van der Waals surface area contributed by atoms with E-state index in [9.17, 15) is 9.59 Å². The number of hydrogen-bond donors (Lipinski definition) is 2. The molecule has 0 saturated heterocycles. The standard InChI is InChI=1S/C20H22N2O2/c1-15(23)21-18-11-9-16(10-12-18)19(24)22-20(13-5-6-14-20)17-7-3-2-4-8-17/h2-4,7-12H,5-6,13-14H2,1H3,(H,21,23)(H,22,24). The lowest BCUT2D eigenvalue weighted by Crippen LogP contribution is -2.43. The third-order valence-corrected chi connectivity index (χ3v) is 4.60. The first-order valence-corrected chi connectivity index (χ1v) is 8.35. The number of amides is 2. The van der Waals surface area contributed by atoms with Gasteiger partial charge in [-0.15, -0.1) is 0 Å². The summed E-state index contributed by atoms with van der Waals surface area (Å²) in [6.07, 6.45) is 4.17. The molecule has 0 aromatic heterocycles. The van der Waals surface area contributed by atoms with Gasteiger partial charge in [-0.3, -0.25) is 9.59 Å². The maximum absolute atomic E-state index is 12.7. The molecule has 4 nitrogen and oxygen atoms in total. The normalized spacial score (nSPS) is 15.7. The lowest BCUT2D eigenvalue weighted by atomic mass is 9.88. The van der Waals surface area contributed by atoms with E-state index in [0.29, 0.717) is 11.3 Å². The molecule has 0 spiro atoms. The van der Waals surface area contributed by atoms with Crippen LogP contribution in [0.5, 0.6) is 0 Å². The van der Waals surface area contributed by atoms with E-state index in [1.54, 1.807) is 24.3 Å². The number of benzene rings is 2. The van der Waals surface area contributed by atoms with Gasteiger partial charge in [0.1, 0.15) is 0 Å². The maximum atomic E-state index is 12.7. The van der Waals surface area contributed by atoms with Crippen molar-refractivity contribution < 1.29 is 9.59 Å². The van der Waals surface area contributed by atoms with Crippen molar-refractivity contribution in [2.24, 2.45) is 0 Å². The number of carbonyl (C=O) groups excluding carboxylic acids is 2. The number of carbonyl (C=O) groups is 2. The van der Waals surface area contributed by atoms with Crippen LogP contribution >= 0.6 is 0 Å². The second kappa shape index (κ2) is 6.87. The summed E-state index contributed by atoms with van der Waals surface area (Å²) in [4.78, 5) is 23.8. The molecule has 1 fully saturated rings. The summed E-state index contributed by atoms with van der Waals surface area (Å²) >= 11 is 0. The molecule has 1 aliphatic carbocycles. The molecular formula is C20H22N2O2. The van der Waals surface area contributed by atoms with Crippen LogP contribution in [0, 0.1) is 0 Å². The maximum Gasteiger partial charge on any atom is 0.251 e. The summed E-state index contributed by atoms with van der Waals surface area (Å²) < 4.78 is 0. The number of nitrogens with one attached hydrogen (secondary N) is 2. The average molecular weight is 322 g/mol. The third kappa shape index (κ3) is 3.48. The van der Waals surface area contributed by atoms with E-state index < -0.39 is 0 Å². The molecule has 2 amide bonds. The lowest BCUT2D eigenvalue weighted by molar-refractivity contribution is -0.114. The molecule has 0 atom stereocenters. The Morgan fingerprint density at radius 2 is 1.54 bits per heavy atom. The fourth-order valence-electron chi connectivity index (χ4n) is 3.42. The predicted molar refractivity (Wildman–Crippen MR) is 94.8 cm³/mol. The minimum absolute atomic E-state index is 0.0740. The molecule has 4 heteroatoms. The van der Waals surface area contributed by atoms with Crippen LogP contribution in [0.15, 0.2) is 54.6 Å². The zero-order chi connectivity index (χ0) is 17.0. The Labute approximate surface area is 142 Å². The molecule has 2 aromatic rings. The molecule has 0 heterocycles. The fraction of sp³-hybridized carbons (Fsp3) is 0.300. The van der Waals surface area contributed by atoms with Gasteiger partial charge in [0.25, 0.3) is 5.91 Å². The van der Waals surface area contributed by atoms with Gasteiger partial charge in [-0.2, -0.15) is 0 Å². The van der Waals surface area contributed by atoms with E-state index in [1.165, 1.54) is 12.5 Å². The van der Waals surface area contributed by atoms with Crippen molar-refractivity contribution >= 4 is 17.5 Å². The van der Waals surface area contributed by atoms with Crippen LogP contribution < -0.4 is 10.6 Å². The van der Waals surface area contributed by atoms with Gasteiger partial charge in [0.15, 0.2) is 0 Å². The molecule has 0 unspecified atom stereocenters. The van der Waals surface area contributed by atoms with Crippen LogP contribution in [0.3, 0.4) is 0 Å². The van der Waals surface area contributed by atoms with Crippen molar-refractivity contribution in [3.8, 4) is 0 Å². The van der Waals surface area contributed by atoms with Crippen LogP contribution in [0.1, 0.15) is 48.5 Å². The van der Waals surface area contributed by atoms with Crippen molar-refractivity contribution in [1.82, 2.24) is 5.32 Å². The predicted octanol–water partition coefficient (Wildman–Crippen LogP) is 3.84. The van der Waals surface area contributed by atoms with Gasteiger partial charge < -0.3 is 10.6 Å². The van der Waals surface area contributed by atoms with E-state index in [0.717, 1.165) is 25.7 Å². The zero-order valence-electron chi connectivity index (χ0n) is 13.8. The Morgan fingerprint density at radius 3 is 2.12 bits per heavy atom. The Kier molecular flexibility index (Phi) is 4.65. The van der Waals surface area contributed by atoms with Crippen LogP contribution in [0.25, 0.3) is 0 Å². The van der Waals surface area contributed by atoms with Gasteiger partial charge in [0.05, 0.1) is 5.54 Å². The summed E-state index contributed by atoms with van der Waals surface area (Å²) in [6.45, 7) is 1.46. The van der Waals surface area contributed by atoms with Crippen molar-refractivity contribution in [1.29, 1.82) is 0 Å². The van der Waals surface area contributed by atoms with E-state index in [-0.39, 0.29) is 17.4 Å². The third-order valence-electron chi connectivity index (χ3n) is 4.60. The highest BCUT2D eigenvalue weighted by molar-refractivity contribution is 5.96. The fourth-order valence-corrected chi connectivity index (χ4v) is 3.42. The van der Waals surface area contributed by atoms with Crippen molar-refractivity contribution in [2.75, 3.05) is 5.32 Å². The van der Waals surface area contributed by atoms with Gasteiger partial charge >= 0.3 is 0 Å². The van der Waals surface area contributed by atoms with Gasteiger partial charge in [-0.25, -0.2) is 0 Å². The molecule has 0 bridgehead atoms. The Morgan fingerprint density at radius 1 is 0.917 bits per heavy atom. The molecule has 24 heavy (non-hydrogen) atoms. The van der Waals surface area contributed by atoms with Gasteiger partial charge in [-0.1, -0.05) is 43.2 Å². The summed E-state index contributed by atoms with van der Waals surface area (Å²) in [5.41, 5.74) is 2.20. The summed E-state index contributed by atoms with van der Waals surface area (Å²) in [5, 5.41) is 5.97. The molecule has 3 rings (SSSR count). The van der Waals surface area contributed by atoms with Crippen LogP contribution in [0.2, 0.25) is 0 Å². The topological polar surface area (TPSA) is 58.2 Å². The average Bonchev–Trinajstić information content (AvgIpc) is 3.05. The first-order valence-electron chi connectivity index (χ1n) is 8.35. The number of rotatable bonds is 4. The Hall–Kier alpha value is -2.62. The smallest absolute Gasteiger partial charge is 0.251 e. The summed E-state index contributed by atoms with van der Waals surface area (Å²) in [5.74, 6) is -0.198. The van der Waals surface area contributed by atoms with Gasteiger partial charge in [-0.05, 0) is 42.7 Å². The minimum Gasteiger partial charge on any atom is -0.343 e. The molecule has 2 N–H and O–H groups in total. The number of anilines is 1. The van der Waals surface area contributed by atoms with E-state index in [1.807, 2.05) is 18.2 Å². The molecule has 1 saturated carbocycles. The van der Waals surface area contributed by atoms with Gasteiger partial charge in [0, 0.05) is 18.2 Å². The highest BCUT2D eigenvalue weighted by Crippen LogP contribution is 2.38. The molecule has 124 valence electrons. The lowest BCUT2D eigenvalue weighted by Gasteiger charge is -2.31. The highest BCUT2D eigenvalue weighted by atomic mass is 16.2. The van der Waals surface area contributed by atoms with Crippen molar-refractivity contribution in [3.63, 3.8) is 0 Å². The van der Waals surface area contributed by atoms with E-state index >= 15 is 0 Å². The second-order valence-corrected chi connectivity index (χ2v) is 6.37. The highest BCUT2D eigenvalue weighted by Gasteiger charge is 2.37.